The summed E-state index contributed by atoms with van der Waals surface area (Å²) >= 11 is 0. The van der Waals surface area contributed by atoms with Gasteiger partial charge in [-0.2, -0.15) is 0 Å². The van der Waals surface area contributed by atoms with Crippen LogP contribution in [0.15, 0.2) is 4.99 Å². The fourth-order valence-electron chi connectivity index (χ4n) is 0.792. The molecule has 0 aromatic heterocycles. The standard InChI is InChI=1S/C10H21N/c1-5-9(3)7-8-11-10(4)6-2/h9H,5-8H2,1-4H3/b11-10+. The van der Waals surface area contributed by atoms with Gasteiger partial charge in [0.15, 0.2) is 0 Å². The van der Waals surface area contributed by atoms with Gasteiger partial charge >= 0.3 is 0 Å². The molecule has 0 N–H and O–H groups in total. The second kappa shape index (κ2) is 6.38. The molecule has 0 aromatic carbocycles. The normalized spacial score (nSPS) is 15.1. The second-order valence-corrected chi connectivity index (χ2v) is 3.27. The van der Waals surface area contributed by atoms with E-state index in [0.717, 1.165) is 18.9 Å². The molecule has 0 heterocycles. The highest BCUT2D eigenvalue weighted by Gasteiger charge is 1.96. The smallest absolute Gasteiger partial charge is 0.0391 e. The largest absolute Gasteiger partial charge is 0.294 e. The van der Waals surface area contributed by atoms with Gasteiger partial charge in [0.1, 0.15) is 0 Å². The highest BCUT2D eigenvalue weighted by Crippen LogP contribution is 2.05. The van der Waals surface area contributed by atoms with Gasteiger partial charge in [-0.3, -0.25) is 4.99 Å². The Kier molecular flexibility index (Phi) is 6.19. The van der Waals surface area contributed by atoms with Crippen LogP contribution in [-0.2, 0) is 0 Å². The van der Waals surface area contributed by atoms with Gasteiger partial charge in [0.2, 0.25) is 0 Å². The molecule has 0 fully saturated rings. The van der Waals surface area contributed by atoms with Crippen LogP contribution in [0.1, 0.15) is 47.0 Å². The Hall–Kier alpha value is -0.330. The van der Waals surface area contributed by atoms with Crippen LogP contribution in [0, 0.1) is 5.92 Å². The van der Waals surface area contributed by atoms with Crippen LogP contribution < -0.4 is 0 Å². The first kappa shape index (κ1) is 10.7. The summed E-state index contributed by atoms with van der Waals surface area (Å²) in [4.78, 5) is 4.45. The van der Waals surface area contributed by atoms with E-state index in [9.17, 15) is 0 Å². The van der Waals surface area contributed by atoms with Crippen molar-refractivity contribution in [2.24, 2.45) is 10.9 Å². The first-order valence-corrected chi connectivity index (χ1v) is 4.70. The van der Waals surface area contributed by atoms with Crippen molar-refractivity contribution in [1.82, 2.24) is 0 Å². The lowest BCUT2D eigenvalue weighted by Crippen LogP contribution is -1.97. The zero-order valence-corrected chi connectivity index (χ0v) is 8.35. The van der Waals surface area contributed by atoms with E-state index >= 15 is 0 Å². The van der Waals surface area contributed by atoms with Crippen molar-refractivity contribution in [2.75, 3.05) is 6.54 Å². The minimum atomic E-state index is 0.836. The lowest BCUT2D eigenvalue weighted by atomic mass is 10.1. The number of nitrogens with zero attached hydrogens (tertiary/aromatic N) is 1. The predicted molar refractivity (Wildman–Crippen MR) is 52.3 cm³/mol. The van der Waals surface area contributed by atoms with Crippen molar-refractivity contribution in [3.8, 4) is 0 Å². The summed E-state index contributed by atoms with van der Waals surface area (Å²) in [6, 6.07) is 0. The van der Waals surface area contributed by atoms with Crippen LogP contribution >= 0.6 is 0 Å². The molecule has 0 spiro atoms. The van der Waals surface area contributed by atoms with Crippen LogP contribution in [-0.4, -0.2) is 12.3 Å². The van der Waals surface area contributed by atoms with Gasteiger partial charge in [0, 0.05) is 12.3 Å². The maximum atomic E-state index is 4.45. The lowest BCUT2D eigenvalue weighted by Gasteiger charge is -2.04. The summed E-state index contributed by atoms with van der Waals surface area (Å²) in [6.45, 7) is 9.81. The zero-order valence-electron chi connectivity index (χ0n) is 8.35. The van der Waals surface area contributed by atoms with Crippen molar-refractivity contribution in [2.45, 2.75) is 47.0 Å². The molecule has 1 atom stereocenters. The summed E-state index contributed by atoms with van der Waals surface area (Å²) < 4.78 is 0. The summed E-state index contributed by atoms with van der Waals surface area (Å²) in [6.07, 6.45) is 3.62. The van der Waals surface area contributed by atoms with Crippen LogP contribution in [0.2, 0.25) is 0 Å². The van der Waals surface area contributed by atoms with E-state index in [1.165, 1.54) is 18.6 Å². The van der Waals surface area contributed by atoms with Gasteiger partial charge < -0.3 is 0 Å². The molecule has 0 saturated heterocycles. The Labute approximate surface area is 70.9 Å². The molecule has 0 amide bonds. The van der Waals surface area contributed by atoms with E-state index in [1.807, 2.05) is 0 Å². The van der Waals surface area contributed by atoms with E-state index < -0.39 is 0 Å². The van der Waals surface area contributed by atoms with Crippen molar-refractivity contribution in [1.29, 1.82) is 0 Å². The Bertz CT molecular complexity index is 116. The number of rotatable bonds is 5. The van der Waals surface area contributed by atoms with E-state index in [4.69, 9.17) is 0 Å². The van der Waals surface area contributed by atoms with Crippen LogP contribution in [0.4, 0.5) is 0 Å². The molecular weight excluding hydrogens is 134 g/mol. The molecular formula is C10H21N. The summed E-state index contributed by atoms with van der Waals surface area (Å²) in [5, 5.41) is 0. The van der Waals surface area contributed by atoms with Gasteiger partial charge in [-0.05, 0) is 25.7 Å². The van der Waals surface area contributed by atoms with Crippen molar-refractivity contribution >= 4 is 5.71 Å². The predicted octanol–water partition coefficient (Wildman–Crippen LogP) is 3.29. The van der Waals surface area contributed by atoms with Crippen molar-refractivity contribution in [3.63, 3.8) is 0 Å². The van der Waals surface area contributed by atoms with Crippen LogP contribution in [0.3, 0.4) is 0 Å². The quantitative estimate of drug-likeness (QED) is 0.540. The Morgan fingerprint density at radius 2 is 2.00 bits per heavy atom. The second-order valence-electron chi connectivity index (χ2n) is 3.27. The molecule has 0 aliphatic heterocycles. The van der Waals surface area contributed by atoms with Crippen LogP contribution in [0.5, 0.6) is 0 Å². The third-order valence-electron chi connectivity index (χ3n) is 2.21. The third kappa shape index (κ3) is 6.08. The average Bonchev–Trinajstić information content (AvgIpc) is 2.04. The van der Waals surface area contributed by atoms with Gasteiger partial charge in [-0.25, -0.2) is 0 Å². The molecule has 0 bridgehead atoms. The minimum absolute atomic E-state index is 0.836. The number of aliphatic imine (C=N–C) groups is 1. The van der Waals surface area contributed by atoms with Crippen LogP contribution in [0.25, 0.3) is 0 Å². The zero-order chi connectivity index (χ0) is 8.69. The van der Waals surface area contributed by atoms with Gasteiger partial charge in [0.25, 0.3) is 0 Å². The molecule has 1 unspecified atom stereocenters. The fourth-order valence-corrected chi connectivity index (χ4v) is 0.792. The van der Waals surface area contributed by atoms with E-state index in [2.05, 4.69) is 32.7 Å². The third-order valence-corrected chi connectivity index (χ3v) is 2.21. The van der Waals surface area contributed by atoms with Gasteiger partial charge in [-0.15, -0.1) is 0 Å². The van der Waals surface area contributed by atoms with E-state index in [1.54, 1.807) is 0 Å². The molecule has 0 radical (unpaired) electrons. The highest BCUT2D eigenvalue weighted by atomic mass is 14.7. The molecule has 0 aromatic rings. The van der Waals surface area contributed by atoms with Crippen molar-refractivity contribution in [3.05, 3.63) is 0 Å². The Balaban J connectivity index is 3.39. The summed E-state index contributed by atoms with van der Waals surface area (Å²) in [7, 11) is 0. The van der Waals surface area contributed by atoms with E-state index in [-0.39, 0.29) is 0 Å². The maximum absolute atomic E-state index is 4.45. The van der Waals surface area contributed by atoms with Crippen molar-refractivity contribution < 1.29 is 0 Å². The van der Waals surface area contributed by atoms with Gasteiger partial charge in [-0.1, -0.05) is 27.2 Å². The first-order chi connectivity index (χ1) is 5.20. The fraction of sp³-hybridized carbons (Fsp3) is 0.900. The molecule has 0 rings (SSSR count). The summed E-state index contributed by atoms with van der Waals surface area (Å²) in [5.41, 5.74) is 1.29. The summed E-state index contributed by atoms with van der Waals surface area (Å²) in [5.74, 6) is 0.836. The Morgan fingerprint density at radius 1 is 1.36 bits per heavy atom. The number of hydrogen-bond acceptors (Lipinski definition) is 1. The molecule has 66 valence electrons. The molecule has 11 heavy (non-hydrogen) atoms. The molecule has 0 aliphatic rings. The molecule has 0 aliphatic carbocycles. The van der Waals surface area contributed by atoms with Gasteiger partial charge in [0.05, 0.1) is 0 Å². The Morgan fingerprint density at radius 3 is 2.45 bits per heavy atom. The minimum Gasteiger partial charge on any atom is -0.294 e. The molecule has 0 saturated carbocycles. The first-order valence-electron chi connectivity index (χ1n) is 4.70. The number of hydrogen-bond donors (Lipinski definition) is 0. The maximum Gasteiger partial charge on any atom is 0.0391 e. The topological polar surface area (TPSA) is 12.4 Å². The highest BCUT2D eigenvalue weighted by molar-refractivity contribution is 5.81. The monoisotopic (exact) mass is 155 g/mol. The molecule has 1 nitrogen and oxygen atoms in total. The average molecular weight is 155 g/mol. The molecule has 1 heteroatoms. The lowest BCUT2D eigenvalue weighted by molar-refractivity contribution is 0.524. The SMILES string of the molecule is CC/C(C)=N/CCC(C)CC. The van der Waals surface area contributed by atoms with E-state index in [0.29, 0.717) is 0 Å².